The summed E-state index contributed by atoms with van der Waals surface area (Å²) in [5.41, 5.74) is 7.34. The summed E-state index contributed by atoms with van der Waals surface area (Å²) in [7, 11) is 0. The van der Waals surface area contributed by atoms with Crippen LogP contribution in [0.4, 0.5) is 5.69 Å². The van der Waals surface area contributed by atoms with Crippen molar-refractivity contribution in [3.63, 3.8) is 0 Å². The first-order valence-corrected chi connectivity index (χ1v) is 12.0. The molecule has 0 bridgehead atoms. The van der Waals surface area contributed by atoms with Crippen LogP contribution in [0, 0.1) is 17.8 Å². The van der Waals surface area contributed by atoms with Crippen molar-refractivity contribution >= 4 is 5.69 Å². The summed E-state index contributed by atoms with van der Waals surface area (Å²) in [5.74, 6) is 0. The highest BCUT2D eigenvalue weighted by Gasteiger charge is 2.27. The van der Waals surface area contributed by atoms with Crippen molar-refractivity contribution in [3.05, 3.63) is 28.8 Å². The smallest absolute Gasteiger partial charge is 0.0407 e. The molecule has 1 nitrogen and oxygen atoms in total. The molecule has 0 saturated carbocycles. The van der Waals surface area contributed by atoms with Gasteiger partial charge < -0.3 is 4.90 Å². The second-order valence-electron chi connectivity index (χ2n) is 14.4. The third-order valence-electron chi connectivity index (χ3n) is 4.41. The summed E-state index contributed by atoms with van der Waals surface area (Å²) in [6.45, 7) is 36.2. The SMILES string of the molecule is CC(C)(C)C.CC(C)(C)C.Cc1cc(C(C)(C)C)c(N2CCCC2)cc1C(C)(C)C. The third kappa shape index (κ3) is 12.7. The Kier molecular flexibility index (Phi) is 10.2. The maximum absolute atomic E-state index is 2.59. The van der Waals surface area contributed by atoms with Crippen LogP contribution >= 0.6 is 0 Å². The zero-order chi connectivity index (χ0) is 24.1. The molecule has 0 aliphatic carbocycles. The van der Waals surface area contributed by atoms with Gasteiger partial charge in [-0.2, -0.15) is 0 Å². The number of rotatable bonds is 1. The molecule has 0 amide bonds. The summed E-state index contributed by atoms with van der Waals surface area (Å²) < 4.78 is 0. The molecule has 1 aromatic rings. The minimum Gasteiger partial charge on any atom is -0.371 e. The van der Waals surface area contributed by atoms with E-state index < -0.39 is 0 Å². The number of aryl methyl sites for hydroxylation is 1. The Balaban J connectivity index is 0.000000702. The molecule has 176 valence electrons. The van der Waals surface area contributed by atoms with Gasteiger partial charge in [0, 0.05) is 18.8 Å². The van der Waals surface area contributed by atoms with Gasteiger partial charge in [-0.05, 0) is 64.2 Å². The molecule has 0 aromatic heterocycles. The minimum absolute atomic E-state index is 0.207. The van der Waals surface area contributed by atoms with Crippen LogP contribution in [0.3, 0.4) is 0 Å². The van der Waals surface area contributed by atoms with Gasteiger partial charge in [0.05, 0.1) is 0 Å². The highest BCUT2D eigenvalue weighted by Crippen LogP contribution is 2.39. The van der Waals surface area contributed by atoms with Gasteiger partial charge in [0.25, 0.3) is 0 Å². The molecule has 0 N–H and O–H groups in total. The van der Waals surface area contributed by atoms with Gasteiger partial charge in [0.15, 0.2) is 0 Å². The van der Waals surface area contributed by atoms with Gasteiger partial charge >= 0.3 is 0 Å². The molecular formula is C29H55N. The highest BCUT2D eigenvalue weighted by atomic mass is 15.1. The lowest BCUT2D eigenvalue weighted by molar-refractivity contribution is 0.469. The fourth-order valence-corrected chi connectivity index (χ4v) is 3.32. The first-order valence-electron chi connectivity index (χ1n) is 12.0. The lowest BCUT2D eigenvalue weighted by atomic mass is 9.78. The van der Waals surface area contributed by atoms with Crippen LogP contribution in [-0.4, -0.2) is 13.1 Å². The zero-order valence-corrected chi connectivity index (χ0v) is 23.4. The number of hydrogen-bond donors (Lipinski definition) is 0. The molecule has 2 rings (SSSR count). The van der Waals surface area contributed by atoms with Crippen LogP contribution in [0.2, 0.25) is 0 Å². The van der Waals surface area contributed by atoms with E-state index in [2.05, 4.69) is 121 Å². The number of nitrogens with zero attached hydrogens (tertiary/aromatic N) is 1. The maximum atomic E-state index is 2.59. The van der Waals surface area contributed by atoms with E-state index in [0.717, 1.165) is 0 Å². The van der Waals surface area contributed by atoms with Crippen LogP contribution in [0.1, 0.15) is 126 Å². The summed E-state index contributed by atoms with van der Waals surface area (Å²) in [5, 5.41) is 0. The van der Waals surface area contributed by atoms with Crippen LogP contribution < -0.4 is 4.90 Å². The Bertz CT molecular complexity index is 609. The van der Waals surface area contributed by atoms with Gasteiger partial charge in [-0.15, -0.1) is 0 Å². The predicted molar refractivity (Wildman–Crippen MR) is 140 cm³/mol. The first kappa shape index (κ1) is 29.0. The summed E-state index contributed by atoms with van der Waals surface area (Å²) in [6.07, 6.45) is 2.67. The fraction of sp³-hybridized carbons (Fsp3) is 0.793. The van der Waals surface area contributed by atoms with Gasteiger partial charge in [0.1, 0.15) is 0 Å². The highest BCUT2D eigenvalue weighted by molar-refractivity contribution is 5.61. The fourth-order valence-electron chi connectivity index (χ4n) is 3.32. The molecule has 1 heterocycles. The van der Waals surface area contributed by atoms with E-state index in [9.17, 15) is 0 Å². The molecular weight excluding hydrogens is 362 g/mol. The standard InChI is InChI=1S/C19H31N.2C5H12/c1-14-12-16(19(5,6)7)17(20-10-8-9-11-20)13-15(14)18(2,3)4;2*1-5(2,3)4/h12-13H,8-11H2,1-7H3;2*1-4H3. The van der Waals surface area contributed by atoms with E-state index in [0.29, 0.717) is 10.8 Å². The predicted octanol–water partition coefficient (Wildman–Crippen LogP) is 9.30. The average molecular weight is 418 g/mol. The molecule has 1 aromatic carbocycles. The third-order valence-corrected chi connectivity index (χ3v) is 4.41. The van der Waals surface area contributed by atoms with Crippen LogP contribution in [0.25, 0.3) is 0 Å². The molecule has 1 aliphatic heterocycles. The zero-order valence-electron chi connectivity index (χ0n) is 23.4. The van der Waals surface area contributed by atoms with Gasteiger partial charge in [-0.1, -0.05) is 103 Å². The van der Waals surface area contributed by atoms with E-state index in [4.69, 9.17) is 0 Å². The number of anilines is 1. The lowest BCUT2D eigenvalue weighted by Gasteiger charge is -2.32. The summed E-state index contributed by atoms with van der Waals surface area (Å²) in [4.78, 5) is 2.59. The molecule has 1 saturated heterocycles. The van der Waals surface area contributed by atoms with Crippen LogP contribution in [0.15, 0.2) is 12.1 Å². The normalized spacial score (nSPS) is 15.2. The quantitative estimate of drug-likeness (QED) is 0.440. The number of hydrogen-bond acceptors (Lipinski definition) is 1. The average Bonchev–Trinajstić information content (AvgIpc) is 2.95. The van der Waals surface area contributed by atoms with Gasteiger partial charge in [-0.3, -0.25) is 0 Å². The van der Waals surface area contributed by atoms with Crippen LogP contribution in [-0.2, 0) is 10.8 Å². The Hall–Kier alpha value is -0.980. The molecule has 30 heavy (non-hydrogen) atoms. The van der Waals surface area contributed by atoms with E-state index >= 15 is 0 Å². The van der Waals surface area contributed by atoms with Crippen molar-refractivity contribution < 1.29 is 0 Å². The summed E-state index contributed by atoms with van der Waals surface area (Å²) in [6, 6.07) is 4.91. The second-order valence-corrected chi connectivity index (χ2v) is 14.4. The Morgan fingerprint density at radius 2 is 0.900 bits per heavy atom. The molecule has 0 atom stereocenters. The number of benzene rings is 1. The van der Waals surface area contributed by atoms with E-state index in [1.165, 1.54) is 48.3 Å². The van der Waals surface area contributed by atoms with Crippen molar-refractivity contribution in [2.75, 3.05) is 18.0 Å². The van der Waals surface area contributed by atoms with E-state index in [1.54, 1.807) is 0 Å². The molecule has 0 spiro atoms. The largest absolute Gasteiger partial charge is 0.371 e. The van der Waals surface area contributed by atoms with Crippen molar-refractivity contribution in [1.82, 2.24) is 0 Å². The second kappa shape index (κ2) is 10.6. The maximum Gasteiger partial charge on any atom is 0.0407 e. The van der Waals surface area contributed by atoms with Crippen LogP contribution in [0.5, 0.6) is 0 Å². The van der Waals surface area contributed by atoms with Gasteiger partial charge in [0.2, 0.25) is 0 Å². The Labute approximate surface area is 191 Å². The minimum atomic E-state index is 0.207. The van der Waals surface area contributed by atoms with E-state index in [-0.39, 0.29) is 10.8 Å². The van der Waals surface area contributed by atoms with Crippen molar-refractivity contribution in [2.24, 2.45) is 10.8 Å². The lowest BCUT2D eigenvalue weighted by Crippen LogP contribution is -2.25. The van der Waals surface area contributed by atoms with E-state index in [1.807, 2.05) is 0 Å². The molecule has 1 heteroatoms. The monoisotopic (exact) mass is 417 g/mol. The molecule has 1 aliphatic rings. The Morgan fingerprint density at radius 3 is 1.20 bits per heavy atom. The molecule has 1 fully saturated rings. The molecule has 0 unspecified atom stereocenters. The van der Waals surface area contributed by atoms with Crippen molar-refractivity contribution in [2.45, 2.75) is 128 Å². The first-order chi connectivity index (χ1) is 13.1. The molecule has 0 radical (unpaired) electrons. The Morgan fingerprint density at radius 1 is 0.567 bits per heavy atom. The van der Waals surface area contributed by atoms with Crippen molar-refractivity contribution in [1.29, 1.82) is 0 Å². The summed E-state index contributed by atoms with van der Waals surface area (Å²) >= 11 is 0. The van der Waals surface area contributed by atoms with Gasteiger partial charge in [-0.25, -0.2) is 0 Å². The topological polar surface area (TPSA) is 3.24 Å². The van der Waals surface area contributed by atoms with Crippen molar-refractivity contribution in [3.8, 4) is 0 Å².